The highest BCUT2D eigenvalue weighted by atomic mass is 16.2. The third-order valence-corrected chi connectivity index (χ3v) is 6.33. The number of aryl methyl sites for hydroxylation is 2. The van der Waals surface area contributed by atoms with Crippen LogP contribution in [0.1, 0.15) is 40.9 Å². The third-order valence-electron chi connectivity index (χ3n) is 6.33. The molecule has 1 aromatic carbocycles. The molecule has 0 N–H and O–H groups in total. The summed E-state index contributed by atoms with van der Waals surface area (Å²) < 4.78 is 1.93. The van der Waals surface area contributed by atoms with E-state index in [1.807, 2.05) is 29.9 Å². The van der Waals surface area contributed by atoms with Crippen LogP contribution in [0.2, 0.25) is 0 Å². The zero-order chi connectivity index (χ0) is 18.1. The molecule has 2 aliphatic heterocycles. The Balaban J connectivity index is 1.33. The third kappa shape index (κ3) is 3.43. The van der Waals surface area contributed by atoms with Gasteiger partial charge in [-0.3, -0.25) is 9.69 Å². The van der Waals surface area contributed by atoms with Gasteiger partial charge in [0.25, 0.3) is 5.91 Å². The maximum absolute atomic E-state index is 12.8. The molecule has 2 saturated heterocycles. The zero-order valence-corrected chi connectivity index (χ0v) is 15.9. The second kappa shape index (κ2) is 6.92. The van der Waals surface area contributed by atoms with Crippen molar-refractivity contribution in [3.05, 3.63) is 59.4 Å². The summed E-state index contributed by atoms with van der Waals surface area (Å²) in [4.78, 5) is 17.4. The lowest BCUT2D eigenvalue weighted by Gasteiger charge is -2.39. The number of rotatable bonds is 3. The molecule has 0 radical (unpaired) electrons. The molecule has 4 rings (SSSR count). The van der Waals surface area contributed by atoms with Gasteiger partial charge in [0.2, 0.25) is 0 Å². The second-order valence-electron chi connectivity index (χ2n) is 8.24. The topological polar surface area (TPSA) is 28.5 Å². The van der Waals surface area contributed by atoms with E-state index in [1.165, 1.54) is 24.0 Å². The molecule has 26 heavy (non-hydrogen) atoms. The predicted octanol–water partition coefficient (Wildman–Crippen LogP) is 3.46. The highest BCUT2D eigenvalue weighted by Gasteiger charge is 2.42. The molecule has 0 atom stereocenters. The number of hydrogen-bond donors (Lipinski definition) is 0. The highest BCUT2D eigenvalue weighted by molar-refractivity contribution is 5.93. The lowest BCUT2D eigenvalue weighted by molar-refractivity contribution is 0.0705. The molecule has 1 spiro atoms. The van der Waals surface area contributed by atoms with Crippen LogP contribution in [0.15, 0.2) is 42.6 Å². The minimum atomic E-state index is 0.191. The lowest BCUT2D eigenvalue weighted by Crippen LogP contribution is -2.42. The standard InChI is InChI=1S/C22H29N3O/c1-18-5-7-19(8-6-18)16-24-13-9-22(10-14-24)11-15-25(17-22)21(26)20-4-3-12-23(20)2/h3-8,12H,9-11,13-17H2,1-2H3. The van der Waals surface area contributed by atoms with Gasteiger partial charge in [0.1, 0.15) is 5.69 Å². The van der Waals surface area contributed by atoms with Crippen molar-refractivity contribution in [1.29, 1.82) is 0 Å². The maximum Gasteiger partial charge on any atom is 0.270 e. The molecule has 0 bridgehead atoms. The molecule has 0 saturated carbocycles. The molecule has 1 aromatic heterocycles. The lowest BCUT2D eigenvalue weighted by atomic mass is 9.77. The van der Waals surface area contributed by atoms with Gasteiger partial charge in [-0.1, -0.05) is 29.8 Å². The largest absolute Gasteiger partial charge is 0.347 e. The van der Waals surface area contributed by atoms with E-state index in [0.717, 1.165) is 44.8 Å². The molecular formula is C22H29N3O. The Labute approximate surface area is 156 Å². The van der Waals surface area contributed by atoms with Gasteiger partial charge in [-0.05, 0) is 62.4 Å². The van der Waals surface area contributed by atoms with Crippen LogP contribution in [-0.4, -0.2) is 46.5 Å². The molecule has 1 amide bonds. The molecule has 2 fully saturated rings. The van der Waals surface area contributed by atoms with Crippen LogP contribution >= 0.6 is 0 Å². The fraction of sp³-hybridized carbons (Fsp3) is 0.500. The average Bonchev–Trinajstić information content (AvgIpc) is 3.25. The number of carbonyl (C=O) groups is 1. The van der Waals surface area contributed by atoms with Crippen LogP contribution in [0.5, 0.6) is 0 Å². The predicted molar refractivity (Wildman–Crippen MR) is 104 cm³/mol. The van der Waals surface area contributed by atoms with Crippen molar-refractivity contribution < 1.29 is 4.79 Å². The molecule has 2 aliphatic rings. The normalized spacial score (nSPS) is 20.0. The minimum absolute atomic E-state index is 0.191. The van der Waals surface area contributed by atoms with Crippen LogP contribution in [0.25, 0.3) is 0 Å². The highest BCUT2D eigenvalue weighted by Crippen LogP contribution is 2.41. The van der Waals surface area contributed by atoms with E-state index in [4.69, 9.17) is 0 Å². The van der Waals surface area contributed by atoms with Crippen LogP contribution in [-0.2, 0) is 13.6 Å². The van der Waals surface area contributed by atoms with E-state index >= 15 is 0 Å². The molecule has 138 valence electrons. The molecular weight excluding hydrogens is 322 g/mol. The fourth-order valence-electron chi connectivity index (χ4n) is 4.50. The first-order valence-electron chi connectivity index (χ1n) is 9.73. The van der Waals surface area contributed by atoms with Gasteiger partial charge in [-0.2, -0.15) is 0 Å². The number of aromatic nitrogens is 1. The van der Waals surface area contributed by atoms with Gasteiger partial charge in [-0.15, -0.1) is 0 Å². The Bertz CT molecular complexity index is 769. The van der Waals surface area contributed by atoms with Crippen LogP contribution in [0, 0.1) is 12.3 Å². The maximum atomic E-state index is 12.8. The molecule has 2 aromatic rings. The van der Waals surface area contributed by atoms with Crippen molar-refractivity contribution in [2.24, 2.45) is 12.5 Å². The molecule has 4 nitrogen and oxygen atoms in total. The number of nitrogens with zero attached hydrogens (tertiary/aromatic N) is 3. The van der Waals surface area contributed by atoms with Crippen LogP contribution < -0.4 is 0 Å². The Morgan fingerprint density at radius 2 is 1.73 bits per heavy atom. The summed E-state index contributed by atoms with van der Waals surface area (Å²) in [6, 6.07) is 12.8. The van der Waals surface area contributed by atoms with E-state index in [1.54, 1.807) is 0 Å². The van der Waals surface area contributed by atoms with Crippen molar-refractivity contribution >= 4 is 5.91 Å². The van der Waals surface area contributed by atoms with Gasteiger partial charge >= 0.3 is 0 Å². The number of piperidine rings is 1. The van der Waals surface area contributed by atoms with E-state index in [0.29, 0.717) is 5.41 Å². The second-order valence-corrected chi connectivity index (χ2v) is 8.24. The first-order chi connectivity index (χ1) is 12.5. The molecule has 3 heterocycles. The van der Waals surface area contributed by atoms with E-state index in [-0.39, 0.29) is 5.91 Å². The summed E-state index contributed by atoms with van der Waals surface area (Å²) in [5, 5.41) is 0. The molecule has 4 heteroatoms. The fourth-order valence-corrected chi connectivity index (χ4v) is 4.50. The van der Waals surface area contributed by atoms with E-state index in [2.05, 4.69) is 41.0 Å². The Kier molecular flexibility index (Phi) is 4.62. The summed E-state index contributed by atoms with van der Waals surface area (Å²) in [6.07, 6.45) is 5.51. The number of likely N-dealkylation sites (tertiary alicyclic amines) is 2. The summed E-state index contributed by atoms with van der Waals surface area (Å²) >= 11 is 0. The van der Waals surface area contributed by atoms with Crippen molar-refractivity contribution in [2.75, 3.05) is 26.2 Å². The SMILES string of the molecule is Cc1ccc(CN2CCC3(CC2)CCN(C(=O)c2cccn2C)C3)cc1. The Morgan fingerprint density at radius 1 is 1.04 bits per heavy atom. The number of hydrogen-bond acceptors (Lipinski definition) is 2. The first-order valence-corrected chi connectivity index (χ1v) is 9.73. The number of amides is 1. The average molecular weight is 351 g/mol. The summed E-state index contributed by atoms with van der Waals surface area (Å²) in [7, 11) is 1.95. The summed E-state index contributed by atoms with van der Waals surface area (Å²) in [6.45, 7) is 7.29. The van der Waals surface area contributed by atoms with Gasteiger partial charge < -0.3 is 9.47 Å². The number of carbonyl (C=O) groups excluding carboxylic acids is 1. The van der Waals surface area contributed by atoms with Crippen LogP contribution in [0.3, 0.4) is 0 Å². The quantitative estimate of drug-likeness (QED) is 0.847. The Hall–Kier alpha value is -2.07. The van der Waals surface area contributed by atoms with Crippen LogP contribution in [0.4, 0.5) is 0 Å². The zero-order valence-electron chi connectivity index (χ0n) is 15.9. The number of benzene rings is 1. The molecule has 0 unspecified atom stereocenters. The van der Waals surface area contributed by atoms with Crippen molar-refractivity contribution in [1.82, 2.24) is 14.4 Å². The van der Waals surface area contributed by atoms with Gasteiger partial charge in [-0.25, -0.2) is 0 Å². The Morgan fingerprint density at radius 3 is 2.38 bits per heavy atom. The minimum Gasteiger partial charge on any atom is -0.347 e. The molecule has 0 aliphatic carbocycles. The first kappa shape index (κ1) is 17.3. The van der Waals surface area contributed by atoms with Crippen molar-refractivity contribution in [3.8, 4) is 0 Å². The van der Waals surface area contributed by atoms with E-state index in [9.17, 15) is 4.79 Å². The monoisotopic (exact) mass is 351 g/mol. The smallest absolute Gasteiger partial charge is 0.270 e. The van der Waals surface area contributed by atoms with Gasteiger partial charge in [0.05, 0.1) is 0 Å². The van der Waals surface area contributed by atoms with Crippen molar-refractivity contribution in [2.45, 2.75) is 32.7 Å². The van der Waals surface area contributed by atoms with Gasteiger partial charge in [0, 0.05) is 32.9 Å². The van der Waals surface area contributed by atoms with Crippen molar-refractivity contribution in [3.63, 3.8) is 0 Å². The summed E-state index contributed by atoms with van der Waals surface area (Å²) in [5.74, 6) is 0.191. The summed E-state index contributed by atoms with van der Waals surface area (Å²) in [5.41, 5.74) is 3.86. The van der Waals surface area contributed by atoms with Gasteiger partial charge in [0.15, 0.2) is 0 Å². The van der Waals surface area contributed by atoms with E-state index < -0.39 is 0 Å².